The second-order valence-electron chi connectivity index (χ2n) is 8.24. The van der Waals surface area contributed by atoms with Crippen molar-refractivity contribution in [2.75, 3.05) is 23.3 Å². The maximum atomic E-state index is 13.0. The van der Waals surface area contributed by atoms with Gasteiger partial charge in [0.25, 0.3) is 5.91 Å². The summed E-state index contributed by atoms with van der Waals surface area (Å²) >= 11 is 6.58. The lowest BCUT2D eigenvalue weighted by molar-refractivity contribution is -0.137. The van der Waals surface area contributed by atoms with E-state index in [2.05, 4.69) is 25.3 Å². The molecular formula is C22H20ClF3N6O3S. The molecule has 4 rings (SSSR count). The minimum atomic E-state index is -4.70. The van der Waals surface area contributed by atoms with Gasteiger partial charge in [-0.2, -0.15) is 13.2 Å². The maximum absolute atomic E-state index is 13.0. The zero-order valence-corrected chi connectivity index (χ0v) is 20.4. The first kappa shape index (κ1) is 25.9. The van der Waals surface area contributed by atoms with Gasteiger partial charge in [-0.15, -0.1) is 11.3 Å². The average Bonchev–Trinajstić information content (AvgIpc) is 3.49. The number of alkyl halides is 3. The summed E-state index contributed by atoms with van der Waals surface area (Å²) in [5.74, 6) is -1.01. The van der Waals surface area contributed by atoms with E-state index < -0.39 is 28.8 Å². The van der Waals surface area contributed by atoms with Crippen LogP contribution in [0.1, 0.15) is 56.4 Å². The minimum absolute atomic E-state index is 0.0708. The molecule has 1 fully saturated rings. The molecule has 0 bridgehead atoms. The van der Waals surface area contributed by atoms with Crippen LogP contribution in [0.15, 0.2) is 30.9 Å². The van der Waals surface area contributed by atoms with Gasteiger partial charge in [0, 0.05) is 37.7 Å². The van der Waals surface area contributed by atoms with Crippen molar-refractivity contribution in [1.29, 1.82) is 0 Å². The monoisotopic (exact) mass is 540 g/mol. The maximum Gasteiger partial charge on any atom is 0.418 e. The number of nitrogens with one attached hydrogen (secondary N) is 1. The van der Waals surface area contributed by atoms with Crippen molar-refractivity contribution in [3.05, 3.63) is 57.0 Å². The highest BCUT2D eigenvalue weighted by atomic mass is 35.5. The van der Waals surface area contributed by atoms with Crippen LogP contribution in [0, 0.1) is 0 Å². The van der Waals surface area contributed by atoms with Gasteiger partial charge in [-0.1, -0.05) is 18.5 Å². The van der Waals surface area contributed by atoms with Crippen LogP contribution in [0.2, 0.25) is 5.02 Å². The SMILES string of the molecule is C[C@@H](CC(=O)c1cc(N2CC[C@@H](O)C2)ncn1)c1ncc(C(=O)Nc2cc(C(F)(F)F)c(Cl)cn2)s1. The summed E-state index contributed by atoms with van der Waals surface area (Å²) in [7, 11) is 0. The van der Waals surface area contributed by atoms with Crippen molar-refractivity contribution in [3.8, 4) is 0 Å². The number of pyridine rings is 1. The summed E-state index contributed by atoms with van der Waals surface area (Å²) < 4.78 is 39.1. The Kier molecular flexibility index (Phi) is 7.52. The average molecular weight is 541 g/mol. The second-order valence-corrected chi connectivity index (χ2v) is 9.71. The molecule has 3 aromatic heterocycles. The van der Waals surface area contributed by atoms with Crippen LogP contribution in [0.25, 0.3) is 0 Å². The fourth-order valence-electron chi connectivity index (χ4n) is 3.61. The molecule has 0 spiro atoms. The van der Waals surface area contributed by atoms with Crippen molar-refractivity contribution in [2.24, 2.45) is 0 Å². The third-order valence-corrected chi connectivity index (χ3v) is 7.02. The summed E-state index contributed by atoms with van der Waals surface area (Å²) in [4.78, 5) is 43.5. The number of β-amino-alcohol motifs (C(OH)–C–C–N with tert-alkyl or cyclic N) is 1. The van der Waals surface area contributed by atoms with Crippen LogP contribution in [0.4, 0.5) is 24.8 Å². The molecule has 1 aliphatic heterocycles. The van der Waals surface area contributed by atoms with Gasteiger partial charge in [0.15, 0.2) is 5.78 Å². The normalized spacial score (nSPS) is 16.7. The molecule has 2 N–H and O–H groups in total. The van der Waals surface area contributed by atoms with Crippen LogP contribution in [0.5, 0.6) is 0 Å². The number of aromatic nitrogens is 4. The number of aliphatic hydroxyl groups is 1. The minimum Gasteiger partial charge on any atom is -0.391 e. The molecule has 36 heavy (non-hydrogen) atoms. The van der Waals surface area contributed by atoms with E-state index in [1.165, 1.54) is 12.5 Å². The highest BCUT2D eigenvalue weighted by Gasteiger charge is 2.34. The van der Waals surface area contributed by atoms with Crippen molar-refractivity contribution < 1.29 is 27.9 Å². The molecule has 14 heteroatoms. The van der Waals surface area contributed by atoms with E-state index in [0.717, 1.165) is 17.5 Å². The number of amides is 1. The fourth-order valence-corrected chi connectivity index (χ4v) is 4.69. The van der Waals surface area contributed by atoms with E-state index in [-0.39, 0.29) is 34.5 Å². The standard InChI is InChI=1S/C22H20ClF3N6O3S/c1-11(4-16(34)15-6-19(30-10-29-15)32-3-2-12(33)9-32)21-28-8-17(36-21)20(35)31-18-5-13(22(24,25)26)14(23)7-27-18/h5-8,10-12,33H,2-4,9H2,1H3,(H,27,31,35)/t11-,12+/m0/s1. The number of hydrogen-bond acceptors (Lipinski definition) is 9. The third-order valence-electron chi connectivity index (χ3n) is 5.49. The second kappa shape index (κ2) is 10.4. The number of nitrogens with zero attached hydrogens (tertiary/aromatic N) is 5. The number of halogens is 4. The lowest BCUT2D eigenvalue weighted by atomic mass is 10.0. The first-order valence-corrected chi connectivity index (χ1v) is 12.0. The van der Waals surface area contributed by atoms with Crippen LogP contribution in [-0.2, 0) is 6.18 Å². The van der Waals surface area contributed by atoms with E-state index in [4.69, 9.17) is 11.6 Å². The molecule has 0 aromatic carbocycles. The number of anilines is 2. The smallest absolute Gasteiger partial charge is 0.391 e. The van der Waals surface area contributed by atoms with Crippen LogP contribution < -0.4 is 10.2 Å². The number of carbonyl (C=O) groups is 2. The quantitative estimate of drug-likeness (QED) is 0.428. The molecule has 2 atom stereocenters. The third kappa shape index (κ3) is 5.97. The lowest BCUT2D eigenvalue weighted by Gasteiger charge is -2.16. The molecule has 0 saturated carbocycles. The molecular weight excluding hydrogens is 521 g/mol. The van der Waals surface area contributed by atoms with E-state index in [1.54, 1.807) is 13.0 Å². The van der Waals surface area contributed by atoms with Crippen LogP contribution >= 0.6 is 22.9 Å². The Balaban J connectivity index is 1.40. The van der Waals surface area contributed by atoms with Crippen molar-refractivity contribution in [3.63, 3.8) is 0 Å². The molecule has 1 aliphatic rings. The Morgan fingerprint density at radius 3 is 2.72 bits per heavy atom. The Hall–Kier alpha value is -3.16. The number of ketones is 1. The first-order valence-electron chi connectivity index (χ1n) is 10.8. The highest BCUT2D eigenvalue weighted by molar-refractivity contribution is 7.13. The van der Waals surface area contributed by atoms with Crippen LogP contribution in [0.3, 0.4) is 0 Å². The Morgan fingerprint density at radius 2 is 2.03 bits per heavy atom. The largest absolute Gasteiger partial charge is 0.418 e. The van der Waals surface area contributed by atoms with E-state index in [9.17, 15) is 27.9 Å². The molecule has 1 saturated heterocycles. The Morgan fingerprint density at radius 1 is 1.25 bits per heavy atom. The van der Waals surface area contributed by atoms with Gasteiger partial charge in [0.05, 0.1) is 27.9 Å². The van der Waals surface area contributed by atoms with Gasteiger partial charge in [-0.05, 0) is 12.5 Å². The van der Waals surface area contributed by atoms with Gasteiger partial charge in [-0.25, -0.2) is 19.9 Å². The number of Topliss-reactive ketones (excluding diaryl/α,β-unsaturated/α-hetero) is 1. The van der Waals surface area contributed by atoms with Crippen LogP contribution in [-0.4, -0.2) is 55.9 Å². The molecule has 0 aliphatic carbocycles. The predicted octanol–water partition coefficient (Wildman–Crippen LogP) is 4.20. The van der Waals surface area contributed by atoms with Crippen molar-refractivity contribution in [2.45, 2.75) is 38.0 Å². The van der Waals surface area contributed by atoms with Gasteiger partial charge in [0.2, 0.25) is 0 Å². The van der Waals surface area contributed by atoms with Gasteiger partial charge in [-0.3, -0.25) is 9.59 Å². The Bertz CT molecular complexity index is 1290. The van der Waals surface area contributed by atoms with E-state index >= 15 is 0 Å². The molecule has 0 radical (unpaired) electrons. The van der Waals surface area contributed by atoms with Gasteiger partial charge < -0.3 is 15.3 Å². The van der Waals surface area contributed by atoms with E-state index in [1.807, 2.05) is 4.90 Å². The number of thiazole rings is 1. The van der Waals surface area contributed by atoms with Gasteiger partial charge in [0.1, 0.15) is 28.5 Å². The molecule has 3 aromatic rings. The number of carbonyl (C=O) groups excluding carboxylic acids is 2. The summed E-state index contributed by atoms with van der Waals surface area (Å²) in [5, 5.41) is 12.0. The summed E-state index contributed by atoms with van der Waals surface area (Å²) in [5.41, 5.74) is -0.877. The molecule has 9 nitrogen and oxygen atoms in total. The zero-order chi connectivity index (χ0) is 26.0. The summed E-state index contributed by atoms with van der Waals surface area (Å²) in [6.45, 7) is 2.84. The highest BCUT2D eigenvalue weighted by Crippen LogP contribution is 2.35. The zero-order valence-electron chi connectivity index (χ0n) is 18.8. The fraction of sp³-hybridized carbons (Fsp3) is 0.364. The van der Waals surface area contributed by atoms with E-state index in [0.29, 0.717) is 36.4 Å². The van der Waals surface area contributed by atoms with Gasteiger partial charge >= 0.3 is 6.18 Å². The number of aliphatic hydroxyl groups excluding tert-OH is 1. The summed E-state index contributed by atoms with van der Waals surface area (Å²) in [6, 6.07) is 2.24. The number of hydrogen-bond donors (Lipinski definition) is 2. The summed E-state index contributed by atoms with van der Waals surface area (Å²) in [6.07, 6.45) is -1.02. The topological polar surface area (TPSA) is 121 Å². The first-order chi connectivity index (χ1) is 17.0. The predicted molar refractivity (Wildman–Crippen MR) is 127 cm³/mol. The lowest BCUT2D eigenvalue weighted by Crippen LogP contribution is -2.22. The molecule has 0 unspecified atom stereocenters. The molecule has 4 heterocycles. The Labute approximate surface area is 212 Å². The number of rotatable bonds is 7. The van der Waals surface area contributed by atoms with Crippen molar-refractivity contribution >= 4 is 46.3 Å². The molecule has 190 valence electrons. The molecule has 1 amide bonds. The van der Waals surface area contributed by atoms with Crippen molar-refractivity contribution in [1.82, 2.24) is 19.9 Å².